The molecular formula is C16H18ClN4OS+. The van der Waals surface area contributed by atoms with Crippen molar-refractivity contribution in [2.45, 2.75) is 38.1 Å². The Hall–Kier alpha value is -1.66. The maximum atomic E-state index is 12.9. The molecule has 23 heavy (non-hydrogen) atoms. The maximum Gasteiger partial charge on any atom is 0.272 e. The van der Waals surface area contributed by atoms with E-state index < -0.39 is 0 Å². The van der Waals surface area contributed by atoms with E-state index >= 15 is 0 Å². The first kappa shape index (κ1) is 14.9. The third kappa shape index (κ3) is 2.32. The van der Waals surface area contributed by atoms with Crippen LogP contribution < -0.4 is 15.9 Å². The van der Waals surface area contributed by atoms with E-state index in [2.05, 4.69) is 15.3 Å². The van der Waals surface area contributed by atoms with Crippen molar-refractivity contribution in [2.24, 2.45) is 0 Å². The molecule has 4 rings (SSSR count). The topological polar surface area (TPSA) is 61.1 Å². The van der Waals surface area contributed by atoms with Gasteiger partial charge in [0.25, 0.3) is 10.4 Å². The van der Waals surface area contributed by atoms with Gasteiger partial charge in [0.15, 0.2) is 6.20 Å². The Kier molecular flexibility index (Phi) is 3.73. The molecule has 0 amide bonds. The molecule has 0 unspecified atom stereocenters. The van der Waals surface area contributed by atoms with Crippen LogP contribution in [0.4, 0.5) is 5.69 Å². The zero-order chi connectivity index (χ0) is 16.0. The monoisotopic (exact) mass is 349 g/mol. The largest absolute Gasteiger partial charge is 0.386 e. The second-order valence-electron chi connectivity index (χ2n) is 5.99. The Morgan fingerprint density at radius 2 is 2.17 bits per heavy atom. The van der Waals surface area contributed by atoms with Crippen LogP contribution in [-0.4, -0.2) is 16.6 Å². The van der Waals surface area contributed by atoms with Gasteiger partial charge in [0.05, 0.1) is 12.0 Å². The first-order chi connectivity index (χ1) is 11.2. The Labute approximate surface area is 142 Å². The highest BCUT2D eigenvalue weighted by molar-refractivity contribution is 7.25. The number of H-pyrrole nitrogens is 1. The Morgan fingerprint density at radius 3 is 2.91 bits per heavy atom. The van der Waals surface area contributed by atoms with Crippen LogP contribution in [0.25, 0.3) is 20.4 Å². The van der Waals surface area contributed by atoms with E-state index in [0.29, 0.717) is 9.72 Å². The summed E-state index contributed by atoms with van der Waals surface area (Å²) in [6, 6.07) is 0.287. The maximum absolute atomic E-state index is 12.9. The summed E-state index contributed by atoms with van der Waals surface area (Å²) in [7, 11) is 1.83. The number of fused-ring (bicyclic) bond motifs is 3. The molecule has 0 spiro atoms. The van der Waals surface area contributed by atoms with Crippen molar-refractivity contribution in [3.63, 3.8) is 0 Å². The molecule has 0 atom stereocenters. The third-order valence-corrected chi connectivity index (χ3v) is 6.06. The minimum Gasteiger partial charge on any atom is -0.386 e. The number of aromatic nitrogens is 3. The summed E-state index contributed by atoms with van der Waals surface area (Å²) in [4.78, 5) is 21.6. The fraction of sp³-hybridized carbons (Fsp3) is 0.438. The van der Waals surface area contributed by atoms with Crippen LogP contribution in [-0.2, 0) is 0 Å². The van der Waals surface area contributed by atoms with Crippen molar-refractivity contribution in [1.82, 2.24) is 9.55 Å². The molecule has 0 aromatic carbocycles. The lowest BCUT2D eigenvalue weighted by molar-refractivity contribution is -0.341. The fourth-order valence-electron chi connectivity index (χ4n) is 3.50. The van der Waals surface area contributed by atoms with Gasteiger partial charge >= 0.3 is 0 Å². The lowest BCUT2D eigenvalue weighted by atomic mass is 9.95. The highest BCUT2D eigenvalue weighted by atomic mass is 35.5. The Balaban J connectivity index is 1.98. The van der Waals surface area contributed by atoms with E-state index in [4.69, 9.17) is 11.6 Å². The number of thiophene rings is 1. The van der Waals surface area contributed by atoms with Crippen LogP contribution in [0.3, 0.4) is 0 Å². The van der Waals surface area contributed by atoms with Crippen LogP contribution in [0.2, 0.25) is 5.02 Å². The number of anilines is 1. The number of hydrogen-bond acceptors (Lipinski definition) is 4. The summed E-state index contributed by atoms with van der Waals surface area (Å²) in [5, 5.41) is 4.61. The van der Waals surface area contributed by atoms with Crippen LogP contribution in [0, 0.1) is 0 Å². The van der Waals surface area contributed by atoms with Crippen molar-refractivity contribution in [1.29, 1.82) is 0 Å². The standard InChI is InChI=1S/C16H17ClN4OS/c1-18-12-10(17)7-19-15-11(12)13-14(23-15)16(22)21(8-20-13)9-5-3-2-4-6-9/h7-9H,2-6H2,1H3,(H,18,19)/p+1. The molecule has 120 valence electrons. The number of rotatable bonds is 2. The number of halogens is 1. The SMILES string of the molecule is CNc1c(Cl)c[nH+]c2sc3c(=O)n(C4CCCCC4)cnc3c12. The molecule has 3 aromatic heterocycles. The van der Waals surface area contributed by atoms with Gasteiger partial charge in [-0.1, -0.05) is 42.2 Å². The van der Waals surface area contributed by atoms with Gasteiger partial charge in [-0.3, -0.25) is 9.36 Å². The van der Waals surface area contributed by atoms with Crippen LogP contribution >= 0.6 is 22.9 Å². The summed E-state index contributed by atoms with van der Waals surface area (Å²) in [6.45, 7) is 0. The molecule has 5 nitrogen and oxygen atoms in total. The minimum absolute atomic E-state index is 0.0645. The Bertz CT molecular complexity index is 943. The van der Waals surface area contributed by atoms with E-state index in [1.807, 2.05) is 11.6 Å². The van der Waals surface area contributed by atoms with E-state index in [0.717, 1.165) is 34.3 Å². The lowest BCUT2D eigenvalue weighted by Gasteiger charge is -2.23. The first-order valence-corrected chi connectivity index (χ1v) is 9.11. The van der Waals surface area contributed by atoms with Crippen molar-refractivity contribution in [2.75, 3.05) is 12.4 Å². The molecule has 1 fully saturated rings. The summed E-state index contributed by atoms with van der Waals surface area (Å²) >= 11 is 7.71. The van der Waals surface area contributed by atoms with Crippen LogP contribution in [0.15, 0.2) is 17.3 Å². The van der Waals surface area contributed by atoms with E-state index in [9.17, 15) is 4.79 Å². The smallest absolute Gasteiger partial charge is 0.272 e. The minimum atomic E-state index is 0.0645. The zero-order valence-electron chi connectivity index (χ0n) is 12.9. The third-order valence-electron chi connectivity index (χ3n) is 4.66. The van der Waals surface area contributed by atoms with Gasteiger partial charge in [0, 0.05) is 13.1 Å². The van der Waals surface area contributed by atoms with Gasteiger partial charge in [-0.25, -0.2) is 9.97 Å². The predicted molar refractivity (Wildman–Crippen MR) is 94.6 cm³/mol. The molecule has 1 aliphatic rings. The van der Waals surface area contributed by atoms with Crippen molar-refractivity contribution < 1.29 is 4.98 Å². The van der Waals surface area contributed by atoms with E-state index in [-0.39, 0.29) is 11.6 Å². The summed E-state index contributed by atoms with van der Waals surface area (Å²) in [5.41, 5.74) is 1.61. The van der Waals surface area contributed by atoms with Crippen molar-refractivity contribution in [3.8, 4) is 0 Å². The second-order valence-corrected chi connectivity index (χ2v) is 7.42. The van der Waals surface area contributed by atoms with E-state index in [1.54, 1.807) is 12.5 Å². The van der Waals surface area contributed by atoms with Gasteiger partial charge in [-0.15, -0.1) is 0 Å². The number of nitrogens with zero attached hydrogens (tertiary/aromatic N) is 2. The molecule has 1 saturated carbocycles. The predicted octanol–water partition coefficient (Wildman–Crippen LogP) is 3.63. The van der Waals surface area contributed by atoms with Gasteiger partial charge in [-0.05, 0) is 12.8 Å². The molecule has 0 radical (unpaired) electrons. The Morgan fingerprint density at radius 1 is 1.39 bits per heavy atom. The van der Waals surface area contributed by atoms with Gasteiger partial charge in [0.2, 0.25) is 0 Å². The average molecular weight is 350 g/mol. The highest BCUT2D eigenvalue weighted by Crippen LogP contribution is 2.36. The fourth-order valence-corrected chi connectivity index (χ4v) is 4.81. The number of aromatic amines is 1. The molecule has 3 heterocycles. The molecule has 0 bridgehead atoms. The summed E-state index contributed by atoms with van der Waals surface area (Å²) in [5.74, 6) is 0. The molecule has 0 saturated heterocycles. The van der Waals surface area contributed by atoms with Gasteiger partial charge < -0.3 is 5.32 Å². The first-order valence-electron chi connectivity index (χ1n) is 7.92. The lowest BCUT2D eigenvalue weighted by Crippen LogP contribution is -2.26. The second kappa shape index (κ2) is 5.76. The van der Waals surface area contributed by atoms with Crippen LogP contribution in [0.1, 0.15) is 38.1 Å². The highest BCUT2D eigenvalue weighted by Gasteiger charge is 2.23. The number of nitrogens with one attached hydrogen (secondary N) is 2. The molecular weight excluding hydrogens is 332 g/mol. The normalized spacial score (nSPS) is 16.3. The number of pyridine rings is 1. The molecule has 2 N–H and O–H groups in total. The molecule has 1 aliphatic carbocycles. The zero-order valence-corrected chi connectivity index (χ0v) is 14.4. The molecule has 0 aliphatic heterocycles. The van der Waals surface area contributed by atoms with Crippen molar-refractivity contribution >= 4 is 49.1 Å². The van der Waals surface area contributed by atoms with Crippen LogP contribution in [0.5, 0.6) is 0 Å². The summed E-state index contributed by atoms with van der Waals surface area (Å²) < 4.78 is 2.53. The van der Waals surface area contributed by atoms with Gasteiger partial charge in [-0.2, -0.15) is 0 Å². The quantitative estimate of drug-likeness (QED) is 0.768. The van der Waals surface area contributed by atoms with E-state index in [1.165, 1.54) is 30.6 Å². The summed E-state index contributed by atoms with van der Waals surface area (Å²) in [6.07, 6.45) is 9.24. The van der Waals surface area contributed by atoms with Gasteiger partial charge in [0.1, 0.15) is 20.6 Å². The molecule has 3 aromatic rings. The van der Waals surface area contributed by atoms with Crippen molar-refractivity contribution in [3.05, 3.63) is 27.9 Å². The average Bonchev–Trinajstić information content (AvgIpc) is 2.96. The number of hydrogen-bond donors (Lipinski definition) is 1. The molecule has 7 heteroatoms.